The lowest BCUT2D eigenvalue weighted by atomic mass is 9.83. The zero-order valence-electron chi connectivity index (χ0n) is 11.0. The van der Waals surface area contributed by atoms with Gasteiger partial charge in [0.1, 0.15) is 0 Å². The van der Waals surface area contributed by atoms with Crippen LogP contribution in [0, 0.1) is 0 Å². The van der Waals surface area contributed by atoms with Crippen LogP contribution in [0.15, 0.2) is 54.6 Å². The monoisotopic (exact) mass is 286 g/mol. The highest BCUT2D eigenvalue weighted by atomic mass is 16.5. The molecule has 0 radical (unpaired) electrons. The molecule has 2 aromatic carbocycles. The second-order valence-electron chi connectivity index (χ2n) is 4.43. The highest BCUT2D eigenvalue weighted by molar-refractivity contribution is 5.99. The van der Waals surface area contributed by atoms with Crippen molar-refractivity contribution in [2.24, 2.45) is 5.73 Å². The molecule has 2 rings (SSSR count). The van der Waals surface area contributed by atoms with E-state index in [0.29, 0.717) is 0 Å². The van der Waals surface area contributed by atoms with Gasteiger partial charge in [0, 0.05) is 11.1 Å². The van der Waals surface area contributed by atoms with Crippen LogP contribution in [0.4, 0.5) is 0 Å². The van der Waals surface area contributed by atoms with Gasteiger partial charge < -0.3 is 10.8 Å². The lowest BCUT2D eigenvalue weighted by molar-refractivity contribution is -0.133. The number of nitrogens with two attached hydrogens (primary N) is 1. The second kappa shape index (κ2) is 5.74. The molecular formula is C15H14N2O4. The van der Waals surface area contributed by atoms with Gasteiger partial charge in [-0.25, -0.2) is 5.48 Å². The van der Waals surface area contributed by atoms with Gasteiger partial charge in [-0.05, 0) is 11.6 Å². The summed E-state index contributed by atoms with van der Waals surface area (Å²) in [4.78, 5) is 23.6. The van der Waals surface area contributed by atoms with E-state index in [1.54, 1.807) is 30.3 Å². The van der Waals surface area contributed by atoms with E-state index in [2.05, 4.69) is 0 Å². The summed E-state index contributed by atoms with van der Waals surface area (Å²) in [5, 5.41) is 19.6. The first-order chi connectivity index (χ1) is 10.0. The first kappa shape index (κ1) is 14.7. The first-order valence-corrected chi connectivity index (χ1v) is 6.13. The fraction of sp³-hybridized carbons (Fsp3) is 0.0667. The van der Waals surface area contributed by atoms with Gasteiger partial charge in [-0.15, -0.1) is 0 Å². The molecule has 6 nitrogen and oxygen atoms in total. The summed E-state index contributed by atoms with van der Waals surface area (Å²) in [6.45, 7) is 0. The average Bonchev–Trinajstić information content (AvgIpc) is 2.54. The maximum absolute atomic E-state index is 11.9. The lowest BCUT2D eigenvalue weighted by Gasteiger charge is -2.27. The van der Waals surface area contributed by atoms with Crippen molar-refractivity contribution in [3.05, 3.63) is 71.3 Å². The van der Waals surface area contributed by atoms with Crippen LogP contribution < -0.4 is 11.2 Å². The SMILES string of the molecule is NC(=O)C(O)(c1ccccc1)c1ccccc1C(=O)NO. The van der Waals surface area contributed by atoms with Crippen molar-refractivity contribution in [1.82, 2.24) is 5.48 Å². The largest absolute Gasteiger partial charge is 0.372 e. The molecule has 2 aromatic rings. The normalized spacial score (nSPS) is 13.2. The van der Waals surface area contributed by atoms with Gasteiger partial charge in [0.15, 0.2) is 5.60 Å². The van der Waals surface area contributed by atoms with E-state index in [4.69, 9.17) is 10.9 Å². The molecule has 0 aliphatic heterocycles. The maximum Gasteiger partial charge on any atom is 0.275 e. The predicted octanol–water partition coefficient (Wildman–Crippen LogP) is 0.527. The van der Waals surface area contributed by atoms with Gasteiger partial charge in [0.25, 0.3) is 11.8 Å². The number of carbonyl (C=O) groups excluding carboxylic acids is 2. The van der Waals surface area contributed by atoms with Crippen LogP contribution in [0.5, 0.6) is 0 Å². The van der Waals surface area contributed by atoms with Crippen LogP contribution in [0.2, 0.25) is 0 Å². The van der Waals surface area contributed by atoms with Crippen LogP contribution in [0.3, 0.4) is 0 Å². The van der Waals surface area contributed by atoms with Crippen molar-refractivity contribution in [3.8, 4) is 0 Å². The third-order valence-electron chi connectivity index (χ3n) is 3.21. The van der Waals surface area contributed by atoms with Gasteiger partial charge >= 0.3 is 0 Å². The predicted molar refractivity (Wildman–Crippen MR) is 74.3 cm³/mol. The molecule has 0 aliphatic rings. The zero-order chi connectivity index (χ0) is 15.5. The summed E-state index contributed by atoms with van der Waals surface area (Å²) in [6, 6.07) is 13.9. The number of benzene rings is 2. The number of hydroxylamine groups is 1. The molecule has 0 spiro atoms. The molecule has 5 N–H and O–H groups in total. The van der Waals surface area contributed by atoms with Gasteiger partial charge in [0.2, 0.25) is 0 Å². The molecule has 0 aromatic heterocycles. The molecule has 108 valence electrons. The Kier molecular flexibility index (Phi) is 4.02. The van der Waals surface area contributed by atoms with Gasteiger partial charge in [0.05, 0.1) is 0 Å². The molecule has 0 heterocycles. The number of hydrogen-bond acceptors (Lipinski definition) is 4. The maximum atomic E-state index is 11.9. The van der Waals surface area contributed by atoms with Crippen LogP contribution in [0.25, 0.3) is 0 Å². The summed E-state index contributed by atoms with van der Waals surface area (Å²) in [5.74, 6) is -1.87. The molecule has 0 saturated carbocycles. The molecule has 2 amide bonds. The number of amides is 2. The van der Waals surface area contributed by atoms with Crippen molar-refractivity contribution in [1.29, 1.82) is 0 Å². The molecule has 0 fully saturated rings. The van der Waals surface area contributed by atoms with Crippen molar-refractivity contribution in [2.45, 2.75) is 5.60 Å². The van der Waals surface area contributed by atoms with Crippen molar-refractivity contribution >= 4 is 11.8 Å². The Balaban J connectivity index is 2.71. The highest BCUT2D eigenvalue weighted by Gasteiger charge is 2.40. The van der Waals surface area contributed by atoms with Gasteiger partial charge in [-0.3, -0.25) is 14.8 Å². The summed E-state index contributed by atoms with van der Waals surface area (Å²) in [6.07, 6.45) is 0. The minimum absolute atomic E-state index is 0.00440. The van der Waals surface area contributed by atoms with E-state index in [1.807, 2.05) is 0 Å². The van der Waals surface area contributed by atoms with Crippen LogP contribution in [-0.4, -0.2) is 22.1 Å². The molecule has 21 heavy (non-hydrogen) atoms. The number of carbonyl (C=O) groups is 2. The lowest BCUT2D eigenvalue weighted by Crippen LogP contribution is -2.43. The standard InChI is InChI=1S/C15H14N2O4/c16-14(19)15(20,10-6-2-1-3-7-10)12-9-5-4-8-11(12)13(18)17-21/h1-9,20-21H,(H2,16,19)(H,17,18). The van der Waals surface area contributed by atoms with Crippen LogP contribution in [-0.2, 0) is 10.4 Å². The van der Waals surface area contributed by atoms with Crippen LogP contribution in [0.1, 0.15) is 21.5 Å². The molecule has 0 aliphatic carbocycles. The number of rotatable bonds is 4. The van der Waals surface area contributed by atoms with E-state index >= 15 is 0 Å². The third-order valence-corrected chi connectivity index (χ3v) is 3.21. The quantitative estimate of drug-likeness (QED) is 0.485. The third kappa shape index (κ3) is 2.49. The Morgan fingerprint density at radius 2 is 1.57 bits per heavy atom. The highest BCUT2D eigenvalue weighted by Crippen LogP contribution is 2.31. The summed E-state index contributed by atoms with van der Waals surface area (Å²) in [7, 11) is 0. The van der Waals surface area contributed by atoms with Crippen molar-refractivity contribution in [2.75, 3.05) is 0 Å². The topological polar surface area (TPSA) is 113 Å². The molecular weight excluding hydrogens is 272 g/mol. The fourth-order valence-corrected chi connectivity index (χ4v) is 2.17. The fourth-order valence-electron chi connectivity index (χ4n) is 2.17. The van der Waals surface area contributed by atoms with Crippen molar-refractivity contribution < 1.29 is 19.9 Å². The van der Waals surface area contributed by atoms with Gasteiger partial charge in [-0.1, -0.05) is 48.5 Å². The Morgan fingerprint density at radius 3 is 2.14 bits per heavy atom. The first-order valence-electron chi connectivity index (χ1n) is 6.13. The molecule has 1 atom stereocenters. The van der Waals surface area contributed by atoms with E-state index in [0.717, 1.165) is 0 Å². The Bertz CT molecular complexity index is 672. The number of hydrogen-bond donors (Lipinski definition) is 4. The molecule has 0 bridgehead atoms. The molecule has 1 unspecified atom stereocenters. The number of aliphatic hydroxyl groups is 1. The van der Waals surface area contributed by atoms with E-state index < -0.39 is 17.4 Å². The smallest absolute Gasteiger partial charge is 0.275 e. The average molecular weight is 286 g/mol. The summed E-state index contributed by atoms with van der Waals surface area (Å²) < 4.78 is 0. The Morgan fingerprint density at radius 1 is 1.00 bits per heavy atom. The summed E-state index contributed by atoms with van der Waals surface area (Å²) >= 11 is 0. The van der Waals surface area contributed by atoms with Crippen molar-refractivity contribution in [3.63, 3.8) is 0 Å². The minimum atomic E-state index is -2.18. The molecule has 0 saturated heterocycles. The zero-order valence-corrected chi connectivity index (χ0v) is 11.0. The van der Waals surface area contributed by atoms with Gasteiger partial charge in [-0.2, -0.15) is 0 Å². The van der Waals surface area contributed by atoms with E-state index in [-0.39, 0.29) is 16.7 Å². The minimum Gasteiger partial charge on any atom is -0.372 e. The Hall–Kier alpha value is -2.70. The van der Waals surface area contributed by atoms with E-state index in [1.165, 1.54) is 29.7 Å². The second-order valence-corrected chi connectivity index (χ2v) is 4.43. The Labute approximate surface area is 120 Å². The molecule has 6 heteroatoms. The van der Waals surface area contributed by atoms with Crippen LogP contribution >= 0.6 is 0 Å². The number of nitrogens with one attached hydrogen (secondary N) is 1. The van der Waals surface area contributed by atoms with E-state index in [9.17, 15) is 14.7 Å². The number of primary amides is 1. The summed E-state index contributed by atoms with van der Waals surface area (Å²) in [5.41, 5.74) is 4.85.